The van der Waals surface area contributed by atoms with Crippen molar-refractivity contribution in [1.82, 2.24) is 9.97 Å². The fourth-order valence-corrected chi connectivity index (χ4v) is 5.01. The van der Waals surface area contributed by atoms with Crippen LogP contribution in [0.4, 0.5) is 10.9 Å². The van der Waals surface area contributed by atoms with Crippen LogP contribution < -0.4 is 11.1 Å². The molecule has 1 aromatic carbocycles. The number of pyridine rings is 1. The summed E-state index contributed by atoms with van der Waals surface area (Å²) in [5, 5.41) is 24.8. The molecule has 0 atom stereocenters. The topological polar surface area (TPSA) is 142 Å². The molecule has 0 aliphatic carbocycles. The fraction of sp³-hybridized carbons (Fsp3) is 0.0870. The molecule has 0 aliphatic rings. The van der Waals surface area contributed by atoms with Crippen LogP contribution in [0.15, 0.2) is 62.0 Å². The van der Waals surface area contributed by atoms with E-state index in [0.717, 1.165) is 15.7 Å². The molecule has 0 bridgehead atoms. The molecule has 3 heterocycles. The number of aromatic nitrogens is 2. The summed E-state index contributed by atoms with van der Waals surface area (Å²) in [4.78, 5) is 21.1. The van der Waals surface area contributed by atoms with Crippen molar-refractivity contribution in [3.63, 3.8) is 0 Å². The summed E-state index contributed by atoms with van der Waals surface area (Å²) < 4.78 is 6.37. The Balaban J connectivity index is 1.43. The van der Waals surface area contributed by atoms with E-state index in [2.05, 4.69) is 37.3 Å². The summed E-state index contributed by atoms with van der Waals surface area (Å²) in [6, 6.07) is 15.1. The van der Waals surface area contributed by atoms with E-state index in [1.54, 1.807) is 12.1 Å². The van der Waals surface area contributed by atoms with E-state index in [1.807, 2.05) is 35.7 Å². The molecule has 4 aromatic rings. The number of carbonyl (C=O) groups excluding carboxylic acids is 1. The number of benzene rings is 1. The first-order valence-electron chi connectivity index (χ1n) is 9.81. The van der Waals surface area contributed by atoms with Crippen molar-refractivity contribution in [3.8, 4) is 34.7 Å². The lowest BCUT2D eigenvalue weighted by Crippen LogP contribution is -2.12. The monoisotopic (exact) mass is 550 g/mol. The van der Waals surface area contributed by atoms with Gasteiger partial charge in [-0.1, -0.05) is 28.1 Å². The van der Waals surface area contributed by atoms with E-state index in [9.17, 15) is 15.3 Å². The number of nitrogens with two attached hydrogens (primary N) is 1. The van der Waals surface area contributed by atoms with Crippen molar-refractivity contribution in [2.24, 2.45) is 0 Å². The van der Waals surface area contributed by atoms with Crippen molar-refractivity contribution in [2.75, 3.05) is 16.8 Å². The smallest absolute Gasteiger partial charge is 0.226 e. The van der Waals surface area contributed by atoms with Crippen molar-refractivity contribution in [1.29, 1.82) is 10.5 Å². The van der Waals surface area contributed by atoms with Crippen LogP contribution in [0.5, 0.6) is 0 Å². The third-order valence-electron chi connectivity index (χ3n) is 4.64. The van der Waals surface area contributed by atoms with Crippen LogP contribution in [-0.2, 0) is 4.79 Å². The highest BCUT2D eigenvalue weighted by molar-refractivity contribution is 9.10. The Bertz CT molecular complexity index is 1420. The summed E-state index contributed by atoms with van der Waals surface area (Å²) in [5.74, 6) is 0.493. The minimum absolute atomic E-state index is 0.00288. The third kappa shape index (κ3) is 5.13. The molecule has 1 amide bonds. The Morgan fingerprint density at radius 2 is 1.94 bits per heavy atom. The number of furan rings is 1. The number of rotatable bonds is 7. The molecule has 8 nitrogen and oxygen atoms in total. The quantitative estimate of drug-likeness (QED) is 0.280. The molecule has 34 heavy (non-hydrogen) atoms. The van der Waals surface area contributed by atoms with Gasteiger partial charge >= 0.3 is 0 Å². The summed E-state index contributed by atoms with van der Waals surface area (Å²) in [6.07, 6.45) is 1.62. The minimum Gasteiger partial charge on any atom is -0.464 e. The largest absolute Gasteiger partial charge is 0.464 e. The fourth-order valence-electron chi connectivity index (χ4n) is 3.08. The number of anilines is 2. The first-order valence-corrected chi connectivity index (χ1v) is 12.5. The van der Waals surface area contributed by atoms with Gasteiger partial charge in [0.15, 0.2) is 5.13 Å². The zero-order chi connectivity index (χ0) is 24.1. The van der Waals surface area contributed by atoms with Gasteiger partial charge in [0.05, 0.1) is 23.1 Å². The zero-order valence-electron chi connectivity index (χ0n) is 17.4. The van der Waals surface area contributed by atoms with Crippen molar-refractivity contribution < 1.29 is 9.21 Å². The average molecular weight is 551 g/mol. The van der Waals surface area contributed by atoms with Crippen LogP contribution >= 0.6 is 39.0 Å². The lowest BCUT2D eigenvalue weighted by Gasteiger charge is -2.11. The molecule has 0 fully saturated rings. The van der Waals surface area contributed by atoms with Gasteiger partial charge in [-0.3, -0.25) is 4.79 Å². The van der Waals surface area contributed by atoms with Gasteiger partial charge in [-0.25, -0.2) is 9.97 Å². The number of nitrogens with zero attached hydrogens (tertiary/aromatic N) is 4. The first kappa shape index (κ1) is 23.5. The molecule has 3 aromatic heterocycles. The Hall–Kier alpha value is -3.64. The van der Waals surface area contributed by atoms with Crippen molar-refractivity contribution >= 4 is 55.9 Å². The molecular formula is C23H15BrN6O2S2. The summed E-state index contributed by atoms with van der Waals surface area (Å²) >= 11 is 5.96. The number of halogens is 1. The minimum atomic E-state index is -0.212. The Morgan fingerprint density at radius 3 is 2.62 bits per heavy atom. The maximum atomic E-state index is 12.4. The number of hydrogen-bond donors (Lipinski definition) is 2. The van der Waals surface area contributed by atoms with Crippen LogP contribution in [0, 0.1) is 22.7 Å². The van der Waals surface area contributed by atoms with Gasteiger partial charge in [0, 0.05) is 27.6 Å². The van der Waals surface area contributed by atoms with Gasteiger partial charge in [0.1, 0.15) is 34.3 Å². The molecule has 0 aliphatic heterocycles. The molecule has 3 N–H and O–H groups in total. The summed E-state index contributed by atoms with van der Waals surface area (Å²) in [7, 11) is 0. The van der Waals surface area contributed by atoms with Gasteiger partial charge < -0.3 is 15.5 Å². The third-order valence-corrected chi connectivity index (χ3v) is 6.91. The molecular weight excluding hydrogens is 536 g/mol. The van der Waals surface area contributed by atoms with E-state index >= 15 is 0 Å². The van der Waals surface area contributed by atoms with Crippen LogP contribution in [-0.4, -0.2) is 21.6 Å². The molecule has 168 valence electrons. The Labute approximate surface area is 211 Å². The normalized spacial score (nSPS) is 10.4. The first-order chi connectivity index (χ1) is 16.5. The Morgan fingerprint density at radius 1 is 1.18 bits per heavy atom. The molecule has 0 saturated heterocycles. The van der Waals surface area contributed by atoms with E-state index in [1.165, 1.54) is 29.4 Å². The molecule has 4 rings (SSSR count). The van der Waals surface area contributed by atoms with E-state index in [0.29, 0.717) is 27.2 Å². The van der Waals surface area contributed by atoms with Gasteiger partial charge in [-0.05, 0) is 24.3 Å². The van der Waals surface area contributed by atoms with Gasteiger partial charge in [0.2, 0.25) is 5.91 Å². The predicted molar refractivity (Wildman–Crippen MR) is 135 cm³/mol. The van der Waals surface area contributed by atoms with Gasteiger partial charge in [-0.15, -0.1) is 23.1 Å². The van der Waals surface area contributed by atoms with Crippen molar-refractivity contribution in [3.05, 3.63) is 63.6 Å². The highest BCUT2D eigenvalue weighted by Gasteiger charge is 2.22. The molecule has 0 unspecified atom stereocenters. The highest BCUT2D eigenvalue weighted by Crippen LogP contribution is 2.36. The number of nitriles is 2. The number of hydrogen-bond acceptors (Lipinski definition) is 9. The summed E-state index contributed by atoms with van der Waals surface area (Å²) in [6.45, 7) is 0. The van der Waals surface area contributed by atoms with Crippen LogP contribution in [0.25, 0.3) is 22.6 Å². The highest BCUT2D eigenvalue weighted by atomic mass is 79.9. The Kier molecular flexibility index (Phi) is 7.28. The van der Waals surface area contributed by atoms with Crippen molar-refractivity contribution in [2.45, 2.75) is 11.4 Å². The lowest BCUT2D eigenvalue weighted by atomic mass is 10.0. The van der Waals surface area contributed by atoms with Gasteiger partial charge in [0.25, 0.3) is 0 Å². The second-order valence-corrected chi connectivity index (χ2v) is 9.68. The average Bonchev–Trinajstić information content (AvgIpc) is 3.52. The van der Waals surface area contributed by atoms with Gasteiger partial charge in [-0.2, -0.15) is 10.5 Å². The number of nitrogens with one attached hydrogen (secondary N) is 1. The molecule has 11 heteroatoms. The van der Waals surface area contributed by atoms with Crippen LogP contribution in [0.3, 0.4) is 0 Å². The van der Waals surface area contributed by atoms with Crippen LogP contribution in [0.2, 0.25) is 0 Å². The molecule has 0 radical (unpaired) electrons. The second kappa shape index (κ2) is 10.5. The van der Waals surface area contributed by atoms with E-state index in [-0.39, 0.29) is 29.3 Å². The van der Waals surface area contributed by atoms with E-state index in [4.69, 9.17) is 10.2 Å². The zero-order valence-corrected chi connectivity index (χ0v) is 20.6. The maximum absolute atomic E-state index is 12.4. The number of amides is 1. The second-order valence-electron chi connectivity index (χ2n) is 6.82. The number of thioether (sulfide) groups is 1. The molecule has 0 spiro atoms. The van der Waals surface area contributed by atoms with Crippen LogP contribution in [0.1, 0.15) is 17.5 Å². The maximum Gasteiger partial charge on any atom is 0.226 e. The summed E-state index contributed by atoms with van der Waals surface area (Å²) in [5.41, 5.74) is 8.27. The molecule has 0 saturated carbocycles. The predicted octanol–water partition coefficient (Wildman–Crippen LogP) is 5.67. The number of carbonyl (C=O) groups is 1. The number of nitrogen functional groups attached to an aromatic ring is 1. The SMILES string of the molecule is N#Cc1c(N)nc(SCCC(=O)Nc2nc(-c3ccc(Br)cc3)cs2)c(C#N)c1-c1ccco1. The van der Waals surface area contributed by atoms with E-state index < -0.39 is 0 Å². The standard InChI is InChI=1S/C23H15BrN6O2S2/c24-14-5-3-13(4-6-14)17-12-34-23(28-17)29-19(31)7-9-33-22-16(11-26)20(18-2-1-8-32-18)15(10-25)21(27)30-22/h1-6,8,12H,7,9H2,(H2,27,30)(H,28,29,31). The number of thiazole rings is 1. The lowest BCUT2D eigenvalue weighted by molar-refractivity contribution is -0.115.